The van der Waals surface area contributed by atoms with Crippen molar-refractivity contribution < 1.29 is 13.2 Å². The van der Waals surface area contributed by atoms with Crippen molar-refractivity contribution in [2.45, 2.75) is 12.8 Å². The van der Waals surface area contributed by atoms with E-state index in [-0.39, 0.29) is 18.4 Å². The van der Waals surface area contributed by atoms with Crippen LogP contribution in [-0.4, -0.2) is 26.8 Å². The summed E-state index contributed by atoms with van der Waals surface area (Å²) in [6.45, 7) is 6.97. The van der Waals surface area contributed by atoms with Gasteiger partial charge in [0.2, 0.25) is 5.95 Å². The summed E-state index contributed by atoms with van der Waals surface area (Å²) < 4.78 is 40.3. The van der Waals surface area contributed by atoms with Crippen molar-refractivity contribution >= 4 is 40.0 Å². The highest BCUT2D eigenvalue weighted by Crippen LogP contribution is 2.34. The van der Waals surface area contributed by atoms with Crippen LogP contribution in [0.5, 0.6) is 0 Å². The largest absolute Gasteiger partial charge is 0.421 e. The van der Waals surface area contributed by atoms with Crippen LogP contribution in [0.2, 0.25) is 5.02 Å². The van der Waals surface area contributed by atoms with E-state index in [1.54, 1.807) is 12.1 Å². The fourth-order valence-corrected chi connectivity index (χ4v) is 2.60. The Bertz CT molecular complexity index is 1010. The highest BCUT2D eigenvalue weighted by molar-refractivity contribution is 6.31. The van der Waals surface area contributed by atoms with Gasteiger partial charge in [0, 0.05) is 23.7 Å². The Hall–Kier alpha value is -3.06. The second-order valence-corrected chi connectivity index (χ2v) is 5.59. The van der Waals surface area contributed by atoms with Crippen LogP contribution in [0, 0.1) is 6.57 Å². The molecule has 7 nitrogen and oxygen atoms in total. The lowest BCUT2D eigenvalue weighted by atomic mass is 10.2. The molecule has 2 N–H and O–H groups in total. The molecule has 2 heterocycles. The Balaban J connectivity index is 2.03. The predicted molar refractivity (Wildman–Crippen MR) is 91.2 cm³/mol. The molecule has 0 unspecified atom stereocenters. The molecule has 0 saturated heterocycles. The molecule has 3 rings (SSSR count). The van der Waals surface area contributed by atoms with Gasteiger partial charge in [0.15, 0.2) is 0 Å². The Labute approximate surface area is 150 Å². The average molecular weight is 382 g/mol. The zero-order valence-corrected chi connectivity index (χ0v) is 14.0. The summed E-state index contributed by atoms with van der Waals surface area (Å²) >= 11 is 6.10. The fourth-order valence-electron chi connectivity index (χ4n) is 2.39. The van der Waals surface area contributed by atoms with Crippen LogP contribution >= 0.6 is 11.6 Å². The van der Waals surface area contributed by atoms with Gasteiger partial charge in [0.1, 0.15) is 11.4 Å². The van der Waals surface area contributed by atoms with Gasteiger partial charge in [-0.05, 0) is 12.1 Å². The third-order valence-electron chi connectivity index (χ3n) is 3.51. The molecule has 1 aromatic carbocycles. The van der Waals surface area contributed by atoms with Gasteiger partial charge in [-0.1, -0.05) is 11.6 Å². The molecule has 0 saturated carbocycles. The lowest BCUT2D eigenvalue weighted by Crippen LogP contribution is -2.12. The van der Waals surface area contributed by atoms with Gasteiger partial charge in [0.25, 0.3) is 0 Å². The molecule has 0 atom stereocenters. The zero-order chi connectivity index (χ0) is 18.9. The van der Waals surface area contributed by atoms with E-state index in [0.717, 1.165) is 0 Å². The number of benzene rings is 1. The second kappa shape index (κ2) is 6.68. The second-order valence-electron chi connectivity index (χ2n) is 5.16. The SMILES string of the molecule is [C-]#[N+]Cn1ncc2c(Nc3ncc(C(F)(F)F)c(NC)n3)cc(Cl)cc21. The third-order valence-corrected chi connectivity index (χ3v) is 3.73. The summed E-state index contributed by atoms with van der Waals surface area (Å²) in [6.07, 6.45) is -2.34. The molecule has 0 aliphatic carbocycles. The number of hydrogen-bond acceptors (Lipinski definition) is 5. The number of aromatic nitrogens is 4. The van der Waals surface area contributed by atoms with Crippen molar-refractivity contribution in [3.05, 3.63) is 46.5 Å². The van der Waals surface area contributed by atoms with E-state index in [2.05, 4.69) is 30.5 Å². The number of nitrogens with zero attached hydrogens (tertiary/aromatic N) is 5. The van der Waals surface area contributed by atoms with Gasteiger partial charge in [-0.25, -0.2) is 11.6 Å². The highest BCUT2D eigenvalue weighted by Gasteiger charge is 2.35. The molecule has 0 fully saturated rings. The Morgan fingerprint density at radius 3 is 2.73 bits per heavy atom. The minimum Gasteiger partial charge on any atom is -0.372 e. The number of anilines is 3. The van der Waals surface area contributed by atoms with E-state index in [9.17, 15) is 13.2 Å². The number of hydrogen-bond donors (Lipinski definition) is 2. The van der Waals surface area contributed by atoms with Gasteiger partial charge >= 0.3 is 12.8 Å². The van der Waals surface area contributed by atoms with E-state index in [1.807, 2.05) is 0 Å². The molecule has 26 heavy (non-hydrogen) atoms. The van der Waals surface area contributed by atoms with Crippen molar-refractivity contribution in [2.75, 3.05) is 17.7 Å². The lowest BCUT2D eigenvalue weighted by molar-refractivity contribution is -0.137. The van der Waals surface area contributed by atoms with E-state index in [1.165, 1.54) is 17.9 Å². The van der Waals surface area contributed by atoms with Gasteiger partial charge < -0.3 is 10.6 Å². The smallest absolute Gasteiger partial charge is 0.372 e. The number of fused-ring (bicyclic) bond motifs is 1. The van der Waals surface area contributed by atoms with E-state index < -0.39 is 11.7 Å². The maximum Gasteiger partial charge on any atom is 0.421 e. The zero-order valence-electron chi connectivity index (χ0n) is 13.3. The minimum absolute atomic E-state index is 0.0178. The van der Waals surface area contributed by atoms with Gasteiger partial charge in [0.05, 0.1) is 17.4 Å². The Morgan fingerprint density at radius 1 is 1.31 bits per heavy atom. The average Bonchev–Trinajstić information content (AvgIpc) is 2.97. The molecule has 0 spiro atoms. The van der Waals surface area contributed by atoms with Gasteiger partial charge in [-0.15, -0.1) is 0 Å². The first-order valence-electron chi connectivity index (χ1n) is 7.20. The van der Waals surface area contributed by atoms with Crippen LogP contribution in [-0.2, 0) is 12.8 Å². The molecule has 0 radical (unpaired) electrons. The summed E-state index contributed by atoms with van der Waals surface area (Å²) in [6, 6.07) is 3.22. The van der Waals surface area contributed by atoms with Crippen molar-refractivity contribution in [2.24, 2.45) is 0 Å². The molecule has 0 aliphatic heterocycles. The fraction of sp³-hybridized carbons (Fsp3) is 0.200. The molecule has 134 valence electrons. The summed E-state index contributed by atoms with van der Waals surface area (Å²) in [5.41, 5.74) is 0.106. The Kier molecular flexibility index (Phi) is 4.56. The molecule has 0 amide bonds. The molecule has 2 aromatic heterocycles. The van der Waals surface area contributed by atoms with Crippen LogP contribution in [0.25, 0.3) is 15.7 Å². The monoisotopic (exact) mass is 381 g/mol. The van der Waals surface area contributed by atoms with Crippen molar-refractivity contribution in [1.82, 2.24) is 19.7 Å². The van der Waals surface area contributed by atoms with Gasteiger partial charge in [-0.3, -0.25) is 4.85 Å². The van der Waals surface area contributed by atoms with Crippen LogP contribution < -0.4 is 10.6 Å². The van der Waals surface area contributed by atoms with Crippen LogP contribution in [0.15, 0.2) is 24.5 Å². The van der Waals surface area contributed by atoms with E-state index in [0.29, 0.717) is 27.8 Å². The molecular formula is C15H11ClF3N7. The molecule has 0 aliphatic rings. The van der Waals surface area contributed by atoms with Gasteiger partial charge in [-0.2, -0.15) is 27.9 Å². The highest BCUT2D eigenvalue weighted by atomic mass is 35.5. The van der Waals surface area contributed by atoms with Crippen molar-refractivity contribution in [3.8, 4) is 0 Å². The maximum atomic E-state index is 12.9. The van der Waals surface area contributed by atoms with Crippen molar-refractivity contribution in [3.63, 3.8) is 0 Å². The van der Waals surface area contributed by atoms with Crippen molar-refractivity contribution in [1.29, 1.82) is 0 Å². The number of rotatable bonds is 4. The molecule has 11 heteroatoms. The number of nitrogens with one attached hydrogen (secondary N) is 2. The standard InChI is InChI=1S/C15H11ClF3N7/c1-20-7-26-12-4-8(16)3-11(9(12)5-23-26)24-14-22-6-10(15(17,18)19)13(21-2)25-14/h3-6H,7H2,2H3,(H2,21,22,24,25). The molecule has 3 aromatic rings. The number of halogens is 4. The first kappa shape index (κ1) is 17.8. The third kappa shape index (κ3) is 3.34. The van der Waals surface area contributed by atoms with Crippen LogP contribution in [0.1, 0.15) is 5.56 Å². The first-order valence-corrected chi connectivity index (χ1v) is 7.58. The van der Waals surface area contributed by atoms with Crippen LogP contribution in [0.4, 0.5) is 30.6 Å². The van der Waals surface area contributed by atoms with E-state index >= 15 is 0 Å². The Morgan fingerprint density at radius 2 is 2.08 bits per heavy atom. The summed E-state index contributed by atoms with van der Waals surface area (Å²) in [5, 5.41) is 10.4. The predicted octanol–water partition coefficient (Wildman–Crippen LogP) is 4.16. The summed E-state index contributed by atoms with van der Waals surface area (Å²) in [7, 11) is 1.34. The summed E-state index contributed by atoms with van der Waals surface area (Å²) in [4.78, 5) is 10.9. The number of alkyl halides is 3. The quantitative estimate of drug-likeness (QED) is 0.664. The minimum atomic E-state index is -4.57. The maximum absolute atomic E-state index is 12.9. The van der Waals surface area contributed by atoms with Crippen LogP contribution in [0.3, 0.4) is 0 Å². The van der Waals surface area contributed by atoms with E-state index in [4.69, 9.17) is 18.2 Å². The lowest BCUT2D eigenvalue weighted by Gasteiger charge is -2.13. The molecular weight excluding hydrogens is 371 g/mol. The topological polar surface area (TPSA) is 72.0 Å². The normalized spacial score (nSPS) is 11.4. The summed E-state index contributed by atoms with van der Waals surface area (Å²) in [5.74, 6) is -0.388. The molecule has 0 bridgehead atoms. The first-order chi connectivity index (χ1) is 12.3.